The summed E-state index contributed by atoms with van der Waals surface area (Å²) in [6, 6.07) is 19.3. The average molecular weight is 282 g/mol. The molecule has 2 nitrogen and oxygen atoms in total. The van der Waals surface area contributed by atoms with E-state index < -0.39 is 0 Å². The Morgan fingerprint density at radius 2 is 1.62 bits per heavy atom. The van der Waals surface area contributed by atoms with Crippen molar-refractivity contribution in [2.45, 2.75) is 26.9 Å². The van der Waals surface area contributed by atoms with Crippen LogP contribution in [0.3, 0.4) is 0 Å². The first-order valence-corrected chi connectivity index (χ1v) is 7.70. The minimum absolute atomic E-state index is 0.680. The fourth-order valence-corrected chi connectivity index (χ4v) is 2.47. The second-order valence-electron chi connectivity index (χ2n) is 6.00. The van der Waals surface area contributed by atoms with Gasteiger partial charge in [-0.15, -0.1) is 0 Å². The molecule has 112 valence electrons. The lowest BCUT2D eigenvalue weighted by molar-refractivity contribution is 0.552. The predicted molar refractivity (Wildman–Crippen MR) is 91.5 cm³/mol. The molecule has 0 aliphatic rings. The van der Waals surface area contributed by atoms with E-state index in [2.05, 4.69) is 85.7 Å². The van der Waals surface area contributed by atoms with Crippen LogP contribution in [0.25, 0.3) is 0 Å². The van der Waals surface area contributed by atoms with Gasteiger partial charge in [-0.05, 0) is 29.7 Å². The van der Waals surface area contributed by atoms with Crippen LogP contribution in [-0.2, 0) is 13.1 Å². The molecule has 0 fully saturated rings. The van der Waals surface area contributed by atoms with Gasteiger partial charge in [0.2, 0.25) is 0 Å². The van der Waals surface area contributed by atoms with Gasteiger partial charge < -0.3 is 10.2 Å². The van der Waals surface area contributed by atoms with Gasteiger partial charge in [-0.2, -0.15) is 0 Å². The third-order valence-electron chi connectivity index (χ3n) is 3.53. The Bertz CT molecular complexity index is 534. The summed E-state index contributed by atoms with van der Waals surface area (Å²) in [5.74, 6) is 0.680. The first kappa shape index (κ1) is 15.6. The fourth-order valence-electron chi connectivity index (χ4n) is 2.47. The Balaban J connectivity index is 2.04. The molecule has 2 aromatic carbocycles. The zero-order valence-electron chi connectivity index (χ0n) is 13.3. The van der Waals surface area contributed by atoms with Gasteiger partial charge in [0, 0.05) is 25.8 Å². The molecule has 0 aliphatic heterocycles. The minimum Gasteiger partial charge on any atom is -0.370 e. The van der Waals surface area contributed by atoms with E-state index in [1.165, 1.54) is 16.8 Å². The van der Waals surface area contributed by atoms with E-state index in [0.717, 1.165) is 19.6 Å². The zero-order chi connectivity index (χ0) is 15.1. The highest BCUT2D eigenvalue weighted by Crippen LogP contribution is 2.21. The third kappa shape index (κ3) is 4.91. The van der Waals surface area contributed by atoms with Crippen molar-refractivity contribution in [1.29, 1.82) is 0 Å². The first-order valence-electron chi connectivity index (χ1n) is 7.70. The van der Waals surface area contributed by atoms with Gasteiger partial charge in [-0.1, -0.05) is 62.4 Å². The number of anilines is 1. The second kappa shape index (κ2) is 7.84. The van der Waals surface area contributed by atoms with E-state index in [9.17, 15) is 0 Å². The average Bonchev–Trinajstić information content (AvgIpc) is 2.48. The molecular formula is C19H26N2. The maximum Gasteiger partial charge on any atom is 0.0426 e. The summed E-state index contributed by atoms with van der Waals surface area (Å²) in [6.07, 6.45) is 0. The Kier molecular flexibility index (Phi) is 5.82. The summed E-state index contributed by atoms with van der Waals surface area (Å²) in [6.45, 7) is 7.38. The highest BCUT2D eigenvalue weighted by Gasteiger charge is 2.07. The van der Waals surface area contributed by atoms with Crippen LogP contribution in [0.2, 0.25) is 0 Å². The monoisotopic (exact) mass is 282 g/mol. The van der Waals surface area contributed by atoms with Crippen molar-refractivity contribution in [3.8, 4) is 0 Å². The summed E-state index contributed by atoms with van der Waals surface area (Å²) in [4.78, 5) is 2.32. The highest BCUT2D eigenvalue weighted by atomic mass is 15.1. The van der Waals surface area contributed by atoms with Crippen LogP contribution in [0.4, 0.5) is 5.69 Å². The van der Waals surface area contributed by atoms with E-state index in [-0.39, 0.29) is 0 Å². The number of nitrogens with zero attached hydrogens (tertiary/aromatic N) is 1. The van der Waals surface area contributed by atoms with E-state index in [1.807, 2.05) is 0 Å². The molecule has 0 aliphatic carbocycles. The number of hydrogen-bond acceptors (Lipinski definition) is 2. The lowest BCUT2D eigenvalue weighted by Crippen LogP contribution is -2.22. The van der Waals surface area contributed by atoms with Crippen molar-refractivity contribution in [1.82, 2.24) is 5.32 Å². The molecule has 21 heavy (non-hydrogen) atoms. The van der Waals surface area contributed by atoms with E-state index >= 15 is 0 Å². The fraction of sp³-hybridized carbons (Fsp3) is 0.368. The Hall–Kier alpha value is -1.80. The van der Waals surface area contributed by atoms with E-state index in [4.69, 9.17) is 0 Å². The molecule has 0 atom stereocenters. The first-order chi connectivity index (χ1) is 10.2. The molecule has 0 bridgehead atoms. The molecule has 0 spiro atoms. The molecular weight excluding hydrogens is 256 g/mol. The van der Waals surface area contributed by atoms with Crippen molar-refractivity contribution >= 4 is 5.69 Å². The molecule has 0 amide bonds. The molecule has 2 heteroatoms. The number of nitrogens with one attached hydrogen (secondary N) is 1. The summed E-state index contributed by atoms with van der Waals surface area (Å²) >= 11 is 0. The van der Waals surface area contributed by atoms with Crippen LogP contribution in [0.15, 0.2) is 54.6 Å². The molecule has 0 heterocycles. The molecule has 0 saturated carbocycles. The van der Waals surface area contributed by atoms with Gasteiger partial charge in [0.05, 0.1) is 0 Å². The highest BCUT2D eigenvalue weighted by molar-refractivity contribution is 5.53. The Labute approximate surface area is 128 Å². The van der Waals surface area contributed by atoms with Gasteiger partial charge in [0.1, 0.15) is 0 Å². The number of para-hydroxylation sites is 1. The normalized spacial score (nSPS) is 10.9. The molecule has 0 unspecified atom stereocenters. The van der Waals surface area contributed by atoms with Crippen LogP contribution in [0, 0.1) is 5.92 Å². The summed E-state index contributed by atoms with van der Waals surface area (Å²) in [5, 5.41) is 3.53. The topological polar surface area (TPSA) is 15.3 Å². The zero-order valence-corrected chi connectivity index (χ0v) is 13.3. The van der Waals surface area contributed by atoms with Crippen LogP contribution >= 0.6 is 0 Å². The van der Waals surface area contributed by atoms with Crippen molar-refractivity contribution in [2.24, 2.45) is 5.92 Å². The molecule has 0 saturated heterocycles. The molecule has 1 N–H and O–H groups in total. The third-order valence-corrected chi connectivity index (χ3v) is 3.53. The lowest BCUT2D eigenvalue weighted by atomic mass is 10.1. The van der Waals surface area contributed by atoms with Gasteiger partial charge in [-0.25, -0.2) is 0 Å². The molecule has 2 rings (SSSR count). The molecule has 0 radical (unpaired) electrons. The van der Waals surface area contributed by atoms with Crippen molar-refractivity contribution in [3.63, 3.8) is 0 Å². The number of benzene rings is 2. The summed E-state index contributed by atoms with van der Waals surface area (Å²) in [5.41, 5.74) is 4.00. The van der Waals surface area contributed by atoms with Gasteiger partial charge in [0.15, 0.2) is 0 Å². The molecule has 2 aromatic rings. The van der Waals surface area contributed by atoms with Crippen molar-refractivity contribution < 1.29 is 0 Å². The van der Waals surface area contributed by atoms with Gasteiger partial charge in [0.25, 0.3) is 0 Å². The summed E-state index contributed by atoms with van der Waals surface area (Å²) < 4.78 is 0. The lowest BCUT2D eigenvalue weighted by Gasteiger charge is -2.23. The van der Waals surface area contributed by atoms with E-state index in [1.54, 1.807) is 0 Å². The van der Waals surface area contributed by atoms with Crippen LogP contribution in [0.5, 0.6) is 0 Å². The van der Waals surface area contributed by atoms with Crippen LogP contribution in [0.1, 0.15) is 25.0 Å². The smallest absolute Gasteiger partial charge is 0.0426 e. The standard InChI is InChI=1S/C19H26N2/c1-16(2)13-20-14-18-11-7-8-12-19(18)21(3)15-17-9-5-4-6-10-17/h4-12,16,20H,13-15H2,1-3H3. The van der Waals surface area contributed by atoms with Gasteiger partial charge >= 0.3 is 0 Å². The Morgan fingerprint density at radius 3 is 2.33 bits per heavy atom. The maximum atomic E-state index is 3.53. The predicted octanol–water partition coefficient (Wildman–Crippen LogP) is 4.07. The largest absolute Gasteiger partial charge is 0.370 e. The Morgan fingerprint density at radius 1 is 0.952 bits per heavy atom. The number of rotatable bonds is 7. The maximum absolute atomic E-state index is 3.53. The van der Waals surface area contributed by atoms with Crippen LogP contribution in [-0.4, -0.2) is 13.6 Å². The van der Waals surface area contributed by atoms with Crippen molar-refractivity contribution in [3.05, 3.63) is 65.7 Å². The minimum atomic E-state index is 0.680. The molecule has 0 aromatic heterocycles. The van der Waals surface area contributed by atoms with Crippen LogP contribution < -0.4 is 10.2 Å². The van der Waals surface area contributed by atoms with E-state index in [0.29, 0.717) is 5.92 Å². The van der Waals surface area contributed by atoms with Crippen molar-refractivity contribution in [2.75, 3.05) is 18.5 Å². The quantitative estimate of drug-likeness (QED) is 0.823. The summed E-state index contributed by atoms with van der Waals surface area (Å²) in [7, 11) is 2.16. The van der Waals surface area contributed by atoms with Gasteiger partial charge in [-0.3, -0.25) is 0 Å². The number of hydrogen-bond donors (Lipinski definition) is 1. The SMILES string of the molecule is CC(C)CNCc1ccccc1N(C)Cc1ccccc1. The second-order valence-corrected chi connectivity index (χ2v) is 6.00.